The van der Waals surface area contributed by atoms with Gasteiger partial charge in [-0.25, -0.2) is 0 Å². The highest BCUT2D eigenvalue weighted by Gasteiger charge is 2.25. The second kappa shape index (κ2) is 3.89. The molecular weight excluding hydrogens is 158 g/mol. The molecule has 12 heavy (non-hydrogen) atoms. The third-order valence-corrected chi connectivity index (χ3v) is 2.16. The number of halogens is 2. The van der Waals surface area contributed by atoms with E-state index in [1.807, 2.05) is 5.92 Å². The molecule has 0 saturated heterocycles. The molecule has 0 saturated carbocycles. The van der Waals surface area contributed by atoms with E-state index < -0.39 is 5.92 Å². The zero-order valence-corrected chi connectivity index (χ0v) is 7.37. The van der Waals surface area contributed by atoms with Crippen molar-refractivity contribution in [3.8, 4) is 11.8 Å². The maximum absolute atomic E-state index is 12.8. The van der Waals surface area contributed by atoms with Crippen LogP contribution in [0.2, 0.25) is 0 Å². The van der Waals surface area contributed by atoms with Crippen molar-refractivity contribution in [2.24, 2.45) is 5.92 Å². The van der Waals surface area contributed by atoms with Gasteiger partial charge in [-0.1, -0.05) is 19.3 Å². The SMILES string of the molecule is CC1CC#CC(F)(F)CCCC1. The van der Waals surface area contributed by atoms with Crippen LogP contribution < -0.4 is 0 Å². The van der Waals surface area contributed by atoms with Gasteiger partial charge in [-0.2, -0.15) is 8.78 Å². The molecule has 0 aliphatic heterocycles. The van der Waals surface area contributed by atoms with Gasteiger partial charge in [0.15, 0.2) is 0 Å². The summed E-state index contributed by atoms with van der Waals surface area (Å²) in [6.45, 7) is 2.07. The molecule has 2 heteroatoms. The van der Waals surface area contributed by atoms with Crippen molar-refractivity contribution in [3.63, 3.8) is 0 Å². The van der Waals surface area contributed by atoms with E-state index in [1.165, 1.54) is 0 Å². The van der Waals surface area contributed by atoms with E-state index >= 15 is 0 Å². The quantitative estimate of drug-likeness (QED) is 0.492. The molecule has 1 aliphatic rings. The van der Waals surface area contributed by atoms with E-state index in [-0.39, 0.29) is 6.42 Å². The van der Waals surface area contributed by atoms with E-state index in [1.54, 1.807) is 0 Å². The predicted octanol–water partition coefficient (Wildman–Crippen LogP) is 3.23. The van der Waals surface area contributed by atoms with Crippen LogP contribution in [-0.4, -0.2) is 5.92 Å². The molecule has 0 radical (unpaired) electrons. The summed E-state index contributed by atoms with van der Waals surface area (Å²) in [7, 11) is 0. The van der Waals surface area contributed by atoms with Gasteiger partial charge in [0.1, 0.15) is 0 Å². The largest absolute Gasteiger partial charge is 0.308 e. The summed E-state index contributed by atoms with van der Waals surface area (Å²) in [5, 5.41) is 0. The molecule has 0 heterocycles. The Morgan fingerprint density at radius 3 is 2.83 bits per heavy atom. The van der Waals surface area contributed by atoms with Crippen LogP contribution in [0, 0.1) is 17.8 Å². The van der Waals surface area contributed by atoms with Crippen molar-refractivity contribution in [3.05, 3.63) is 0 Å². The molecule has 68 valence electrons. The van der Waals surface area contributed by atoms with Crippen LogP contribution in [0.25, 0.3) is 0 Å². The van der Waals surface area contributed by atoms with E-state index in [0.29, 0.717) is 18.8 Å². The average Bonchev–Trinajstić information content (AvgIpc) is 2.02. The zero-order valence-electron chi connectivity index (χ0n) is 7.37. The smallest absolute Gasteiger partial charge is 0.192 e. The van der Waals surface area contributed by atoms with E-state index in [9.17, 15) is 8.78 Å². The Kier molecular flexibility index (Phi) is 3.08. The van der Waals surface area contributed by atoms with Crippen LogP contribution in [0.15, 0.2) is 0 Å². The number of hydrogen-bond donors (Lipinski definition) is 0. The lowest BCUT2D eigenvalue weighted by atomic mass is 10.0. The molecule has 0 bridgehead atoms. The Hall–Kier alpha value is -0.580. The topological polar surface area (TPSA) is 0 Å². The monoisotopic (exact) mass is 172 g/mol. The summed E-state index contributed by atoms with van der Waals surface area (Å²) in [6.07, 6.45) is 3.10. The summed E-state index contributed by atoms with van der Waals surface area (Å²) in [4.78, 5) is 0. The van der Waals surface area contributed by atoms with Gasteiger partial charge in [-0.3, -0.25) is 0 Å². The van der Waals surface area contributed by atoms with Crippen LogP contribution in [-0.2, 0) is 0 Å². The van der Waals surface area contributed by atoms with Gasteiger partial charge in [-0.15, -0.1) is 0 Å². The fourth-order valence-electron chi connectivity index (χ4n) is 1.36. The fraction of sp³-hybridized carbons (Fsp3) is 0.800. The lowest BCUT2D eigenvalue weighted by Crippen LogP contribution is -2.11. The van der Waals surface area contributed by atoms with Gasteiger partial charge in [0, 0.05) is 12.8 Å². The summed E-state index contributed by atoms with van der Waals surface area (Å²) < 4.78 is 25.6. The minimum Gasteiger partial charge on any atom is -0.192 e. The minimum atomic E-state index is -2.73. The second-order valence-electron chi connectivity index (χ2n) is 3.56. The Labute approximate surface area is 72.3 Å². The predicted molar refractivity (Wildman–Crippen MR) is 45.0 cm³/mol. The van der Waals surface area contributed by atoms with E-state index in [0.717, 1.165) is 12.8 Å². The molecule has 0 aromatic heterocycles. The van der Waals surface area contributed by atoms with Crippen LogP contribution in [0.1, 0.15) is 39.0 Å². The van der Waals surface area contributed by atoms with Crippen LogP contribution in [0.3, 0.4) is 0 Å². The Bertz CT molecular complexity index is 198. The van der Waals surface area contributed by atoms with Crippen molar-refractivity contribution in [2.75, 3.05) is 0 Å². The van der Waals surface area contributed by atoms with Gasteiger partial charge in [-0.05, 0) is 24.7 Å². The molecule has 1 aliphatic carbocycles. The average molecular weight is 172 g/mol. The van der Waals surface area contributed by atoms with Gasteiger partial charge in [0.2, 0.25) is 0 Å². The van der Waals surface area contributed by atoms with Gasteiger partial charge in [0.25, 0.3) is 0 Å². The molecule has 0 amide bonds. The maximum atomic E-state index is 12.8. The zero-order chi connectivity index (χ0) is 9.03. The first-order chi connectivity index (χ1) is 5.60. The Morgan fingerprint density at radius 1 is 1.33 bits per heavy atom. The molecule has 0 nitrogen and oxygen atoms in total. The summed E-state index contributed by atoms with van der Waals surface area (Å²) in [5.74, 6) is 2.36. The molecule has 0 N–H and O–H groups in total. The first kappa shape index (κ1) is 9.51. The molecule has 0 aromatic rings. The van der Waals surface area contributed by atoms with E-state index in [2.05, 4.69) is 12.8 Å². The van der Waals surface area contributed by atoms with Crippen LogP contribution >= 0.6 is 0 Å². The third-order valence-electron chi connectivity index (χ3n) is 2.16. The van der Waals surface area contributed by atoms with Crippen molar-refractivity contribution in [1.29, 1.82) is 0 Å². The lowest BCUT2D eigenvalue weighted by molar-refractivity contribution is 0.0538. The summed E-state index contributed by atoms with van der Waals surface area (Å²) in [6, 6.07) is 0. The molecule has 1 atom stereocenters. The highest BCUT2D eigenvalue weighted by Crippen LogP contribution is 2.24. The normalized spacial score (nSPS) is 29.1. The highest BCUT2D eigenvalue weighted by atomic mass is 19.3. The Morgan fingerprint density at radius 2 is 2.08 bits per heavy atom. The van der Waals surface area contributed by atoms with Crippen LogP contribution in [0.5, 0.6) is 0 Å². The standard InChI is InChI=1S/C10H14F2/c1-9-5-2-3-7-10(11,12)8-4-6-9/h9H,2-3,5-7H2,1H3. The number of alkyl halides is 2. The molecular formula is C10H14F2. The third kappa shape index (κ3) is 3.21. The summed E-state index contributed by atoms with van der Waals surface area (Å²) >= 11 is 0. The lowest BCUT2D eigenvalue weighted by Gasteiger charge is -2.07. The van der Waals surface area contributed by atoms with Crippen molar-refractivity contribution < 1.29 is 8.78 Å². The number of hydrogen-bond acceptors (Lipinski definition) is 0. The molecule has 1 rings (SSSR count). The van der Waals surface area contributed by atoms with E-state index in [4.69, 9.17) is 0 Å². The highest BCUT2D eigenvalue weighted by molar-refractivity contribution is 5.10. The second-order valence-corrected chi connectivity index (χ2v) is 3.56. The van der Waals surface area contributed by atoms with Crippen molar-refractivity contribution in [1.82, 2.24) is 0 Å². The van der Waals surface area contributed by atoms with Gasteiger partial charge in [0.05, 0.1) is 0 Å². The first-order valence-corrected chi connectivity index (χ1v) is 4.48. The van der Waals surface area contributed by atoms with Crippen molar-refractivity contribution >= 4 is 0 Å². The maximum Gasteiger partial charge on any atom is 0.308 e. The van der Waals surface area contributed by atoms with Gasteiger partial charge < -0.3 is 0 Å². The fourth-order valence-corrected chi connectivity index (χ4v) is 1.36. The number of rotatable bonds is 0. The minimum absolute atomic E-state index is 0.0628. The van der Waals surface area contributed by atoms with Gasteiger partial charge >= 0.3 is 5.92 Å². The molecule has 0 spiro atoms. The molecule has 1 unspecified atom stereocenters. The van der Waals surface area contributed by atoms with Crippen LogP contribution in [0.4, 0.5) is 8.78 Å². The Balaban J connectivity index is 2.57. The van der Waals surface area contributed by atoms with Crippen molar-refractivity contribution in [2.45, 2.75) is 45.0 Å². The summed E-state index contributed by atoms with van der Waals surface area (Å²) in [5.41, 5.74) is 0. The molecule has 0 aromatic carbocycles. The first-order valence-electron chi connectivity index (χ1n) is 4.48. The molecule has 0 fully saturated rings.